The molecule has 0 spiro atoms. The van der Waals surface area contributed by atoms with Gasteiger partial charge in [0, 0.05) is 39.0 Å². The molecule has 7 nitrogen and oxygen atoms in total. The highest BCUT2D eigenvalue weighted by molar-refractivity contribution is 7.90. The molecule has 30 heavy (non-hydrogen) atoms. The van der Waals surface area contributed by atoms with Crippen molar-refractivity contribution in [1.82, 2.24) is 9.80 Å². The van der Waals surface area contributed by atoms with E-state index in [4.69, 9.17) is 9.47 Å². The number of ether oxygens (including phenoxy) is 2. The van der Waals surface area contributed by atoms with Gasteiger partial charge in [-0.05, 0) is 43.3 Å². The van der Waals surface area contributed by atoms with Gasteiger partial charge >= 0.3 is 0 Å². The predicted octanol–water partition coefficient (Wildman–Crippen LogP) is 2.35. The second-order valence-corrected chi connectivity index (χ2v) is 9.79. The maximum Gasteiger partial charge on any atom is 0.260 e. The zero-order valence-electron chi connectivity index (χ0n) is 17.4. The van der Waals surface area contributed by atoms with Gasteiger partial charge in [-0.15, -0.1) is 0 Å². The number of nitrogens with zero attached hydrogens (tertiary/aromatic N) is 2. The predicted molar refractivity (Wildman–Crippen MR) is 116 cm³/mol. The van der Waals surface area contributed by atoms with Gasteiger partial charge in [-0.1, -0.05) is 17.7 Å². The lowest BCUT2D eigenvalue weighted by Gasteiger charge is -2.34. The number of piperazine rings is 1. The molecule has 0 atom stereocenters. The lowest BCUT2D eigenvalue weighted by atomic mass is 10.2. The number of hydrogen-bond donors (Lipinski definition) is 0. The fourth-order valence-corrected chi connectivity index (χ4v) is 3.69. The van der Waals surface area contributed by atoms with Crippen molar-refractivity contribution in [3.63, 3.8) is 0 Å². The molecule has 0 unspecified atom stereocenters. The standard InChI is InChI=1S/C22H28N2O5S/c1-18-3-5-20(6-4-18)29-21-9-7-19(8-10-21)28-17-22(25)24-13-11-23(12-14-24)15-16-30(2,26)27/h3-10H,11-17H2,1-2H3. The molecule has 1 heterocycles. The first-order chi connectivity index (χ1) is 14.3. The van der Waals surface area contributed by atoms with Crippen LogP contribution in [-0.2, 0) is 14.6 Å². The van der Waals surface area contributed by atoms with E-state index in [2.05, 4.69) is 4.90 Å². The van der Waals surface area contributed by atoms with Crippen LogP contribution >= 0.6 is 0 Å². The van der Waals surface area contributed by atoms with Crippen LogP contribution in [0.4, 0.5) is 0 Å². The molecule has 0 N–H and O–H groups in total. The van der Waals surface area contributed by atoms with Crippen LogP contribution < -0.4 is 9.47 Å². The molecule has 1 fully saturated rings. The van der Waals surface area contributed by atoms with Crippen LogP contribution in [0.5, 0.6) is 17.2 Å². The van der Waals surface area contributed by atoms with Crippen LogP contribution in [0.25, 0.3) is 0 Å². The van der Waals surface area contributed by atoms with Crippen molar-refractivity contribution in [2.45, 2.75) is 6.92 Å². The average Bonchev–Trinajstić information content (AvgIpc) is 2.73. The van der Waals surface area contributed by atoms with E-state index in [1.54, 1.807) is 29.2 Å². The highest BCUT2D eigenvalue weighted by Gasteiger charge is 2.22. The first-order valence-corrected chi connectivity index (χ1v) is 12.0. The maximum atomic E-state index is 12.4. The van der Waals surface area contributed by atoms with Crippen LogP contribution in [0.15, 0.2) is 48.5 Å². The Morgan fingerprint density at radius 1 is 0.900 bits per heavy atom. The molecule has 0 radical (unpaired) electrons. The Morgan fingerprint density at radius 2 is 1.43 bits per heavy atom. The molecule has 0 aliphatic carbocycles. The molecule has 8 heteroatoms. The Hall–Kier alpha value is -2.58. The number of rotatable bonds is 8. The fourth-order valence-electron chi connectivity index (χ4n) is 3.10. The lowest BCUT2D eigenvalue weighted by Crippen LogP contribution is -2.50. The minimum Gasteiger partial charge on any atom is -0.484 e. The average molecular weight is 433 g/mol. The van der Waals surface area contributed by atoms with Crippen LogP contribution in [0.1, 0.15) is 5.56 Å². The van der Waals surface area contributed by atoms with Gasteiger partial charge in [0.1, 0.15) is 27.1 Å². The molecule has 1 saturated heterocycles. The summed E-state index contributed by atoms with van der Waals surface area (Å²) in [5.41, 5.74) is 1.17. The van der Waals surface area contributed by atoms with Gasteiger partial charge in [0.05, 0.1) is 5.75 Å². The summed E-state index contributed by atoms with van der Waals surface area (Å²) in [5.74, 6) is 2.14. The van der Waals surface area contributed by atoms with Gasteiger partial charge in [0.15, 0.2) is 6.61 Å². The molecule has 0 aromatic heterocycles. The molecular weight excluding hydrogens is 404 g/mol. The summed E-state index contributed by atoms with van der Waals surface area (Å²) in [4.78, 5) is 16.2. The van der Waals surface area contributed by atoms with Crippen molar-refractivity contribution in [2.75, 3.05) is 51.3 Å². The van der Waals surface area contributed by atoms with Crippen LogP contribution in [-0.4, -0.2) is 75.5 Å². The summed E-state index contributed by atoms with van der Waals surface area (Å²) in [6.07, 6.45) is 1.24. The summed E-state index contributed by atoms with van der Waals surface area (Å²) in [5, 5.41) is 0. The van der Waals surface area contributed by atoms with Gasteiger partial charge in [0.2, 0.25) is 0 Å². The minimum absolute atomic E-state index is 0.0263. The molecule has 162 valence electrons. The van der Waals surface area contributed by atoms with Crippen molar-refractivity contribution in [3.05, 3.63) is 54.1 Å². The van der Waals surface area contributed by atoms with E-state index in [1.807, 2.05) is 31.2 Å². The molecular formula is C22H28N2O5S. The highest BCUT2D eigenvalue weighted by Crippen LogP contribution is 2.24. The number of hydrogen-bond acceptors (Lipinski definition) is 6. The maximum absolute atomic E-state index is 12.4. The quantitative estimate of drug-likeness (QED) is 0.637. The van der Waals surface area contributed by atoms with Crippen LogP contribution in [0.3, 0.4) is 0 Å². The fraction of sp³-hybridized carbons (Fsp3) is 0.409. The molecule has 1 aliphatic heterocycles. The molecule has 2 aromatic carbocycles. The summed E-state index contributed by atoms with van der Waals surface area (Å²) in [6.45, 7) is 5.01. The Bertz CT molecular complexity index is 934. The smallest absolute Gasteiger partial charge is 0.260 e. The van der Waals surface area contributed by atoms with Crippen molar-refractivity contribution in [2.24, 2.45) is 0 Å². The van der Waals surface area contributed by atoms with E-state index in [0.717, 1.165) is 5.75 Å². The zero-order chi connectivity index (χ0) is 21.6. The summed E-state index contributed by atoms with van der Waals surface area (Å²) >= 11 is 0. The minimum atomic E-state index is -2.97. The zero-order valence-corrected chi connectivity index (χ0v) is 18.2. The third-order valence-corrected chi connectivity index (χ3v) is 5.87. The largest absolute Gasteiger partial charge is 0.484 e. The van der Waals surface area contributed by atoms with Gasteiger partial charge in [-0.3, -0.25) is 9.69 Å². The normalized spacial score (nSPS) is 15.1. The van der Waals surface area contributed by atoms with Gasteiger partial charge in [-0.25, -0.2) is 8.42 Å². The van der Waals surface area contributed by atoms with Crippen LogP contribution in [0, 0.1) is 6.92 Å². The van der Waals surface area contributed by atoms with Crippen molar-refractivity contribution in [3.8, 4) is 17.2 Å². The monoisotopic (exact) mass is 432 g/mol. The van der Waals surface area contributed by atoms with E-state index in [1.165, 1.54) is 11.8 Å². The Morgan fingerprint density at radius 3 is 2.00 bits per heavy atom. The number of amides is 1. The first-order valence-electron chi connectivity index (χ1n) is 9.94. The SMILES string of the molecule is Cc1ccc(Oc2ccc(OCC(=O)N3CCN(CCS(C)(=O)=O)CC3)cc2)cc1. The number of sulfone groups is 1. The first kappa shape index (κ1) is 22.1. The molecule has 3 rings (SSSR count). The Labute approximate surface area is 178 Å². The van der Waals surface area contributed by atoms with E-state index in [0.29, 0.717) is 44.2 Å². The molecule has 0 bridgehead atoms. The van der Waals surface area contributed by atoms with Gasteiger partial charge < -0.3 is 14.4 Å². The summed E-state index contributed by atoms with van der Waals surface area (Å²) < 4.78 is 34.0. The van der Waals surface area contributed by atoms with E-state index in [-0.39, 0.29) is 18.3 Å². The molecule has 1 aliphatic rings. The van der Waals surface area contributed by atoms with Crippen molar-refractivity contribution < 1.29 is 22.7 Å². The number of aryl methyl sites for hydroxylation is 1. The number of benzene rings is 2. The van der Waals surface area contributed by atoms with E-state index in [9.17, 15) is 13.2 Å². The topological polar surface area (TPSA) is 76.2 Å². The third kappa shape index (κ3) is 7.03. The summed E-state index contributed by atoms with van der Waals surface area (Å²) in [7, 11) is -2.97. The van der Waals surface area contributed by atoms with Gasteiger partial charge in [0.25, 0.3) is 5.91 Å². The van der Waals surface area contributed by atoms with E-state index < -0.39 is 9.84 Å². The third-order valence-electron chi connectivity index (χ3n) is 4.95. The second-order valence-electron chi connectivity index (χ2n) is 7.53. The lowest BCUT2D eigenvalue weighted by molar-refractivity contribution is -0.135. The van der Waals surface area contributed by atoms with E-state index >= 15 is 0 Å². The Kier molecular flexibility index (Phi) is 7.33. The van der Waals surface area contributed by atoms with Crippen molar-refractivity contribution in [1.29, 1.82) is 0 Å². The highest BCUT2D eigenvalue weighted by atomic mass is 32.2. The Balaban J connectivity index is 1.41. The van der Waals surface area contributed by atoms with Gasteiger partial charge in [-0.2, -0.15) is 0 Å². The number of carbonyl (C=O) groups is 1. The molecule has 2 aromatic rings. The molecule has 0 saturated carbocycles. The molecule has 1 amide bonds. The second kappa shape index (κ2) is 9.95. The van der Waals surface area contributed by atoms with Crippen molar-refractivity contribution >= 4 is 15.7 Å². The number of carbonyl (C=O) groups excluding carboxylic acids is 1. The summed E-state index contributed by atoms with van der Waals surface area (Å²) in [6, 6.07) is 15.0. The van der Waals surface area contributed by atoms with Crippen LogP contribution in [0.2, 0.25) is 0 Å².